The lowest BCUT2D eigenvalue weighted by Crippen LogP contribution is -2.17. The fourth-order valence-electron chi connectivity index (χ4n) is 2.74. The average molecular weight is 325 g/mol. The molecular weight excluding hydrogens is 306 g/mol. The van der Waals surface area contributed by atoms with E-state index in [1.54, 1.807) is 22.9 Å². The van der Waals surface area contributed by atoms with Crippen LogP contribution in [0.5, 0.6) is 5.88 Å². The molecule has 1 aliphatic rings. The standard InChI is InChI=1S/C17H19N5O2/c1-11-7-13(12(10-18)8-15(11)21(2)3)19-17(23)14-9-16-22(20-14)5-4-6-24-16/h7-9H,4-6H2,1-3H3,(H,19,23). The van der Waals surface area contributed by atoms with Crippen LogP contribution in [0.1, 0.15) is 28.0 Å². The molecule has 0 fully saturated rings. The molecule has 7 nitrogen and oxygen atoms in total. The maximum atomic E-state index is 12.5. The van der Waals surface area contributed by atoms with Crippen molar-refractivity contribution >= 4 is 17.3 Å². The van der Waals surface area contributed by atoms with Crippen LogP contribution in [0.3, 0.4) is 0 Å². The molecule has 0 atom stereocenters. The van der Waals surface area contributed by atoms with Crippen molar-refractivity contribution in [2.24, 2.45) is 0 Å². The van der Waals surface area contributed by atoms with Gasteiger partial charge in [-0.05, 0) is 24.6 Å². The number of aryl methyl sites for hydroxylation is 2. The van der Waals surface area contributed by atoms with Gasteiger partial charge in [0.1, 0.15) is 6.07 Å². The van der Waals surface area contributed by atoms with Crippen LogP contribution in [-0.4, -0.2) is 36.4 Å². The first-order chi connectivity index (χ1) is 11.5. The number of carbonyl (C=O) groups excluding carboxylic acids is 1. The van der Waals surface area contributed by atoms with Crippen molar-refractivity contribution in [3.63, 3.8) is 0 Å². The maximum Gasteiger partial charge on any atom is 0.276 e. The summed E-state index contributed by atoms with van der Waals surface area (Å²) in [5.74, 6) is 0.250. The Bertz CT molecular complexity index is 809. The predicted octanol–water partition coefficient (Wildman–Crippen LogP) is 2.16. The van der Waals surface area contributed by atoms with Crippen molar-refractivity contribution in [2.45, 2.75) is 19.9 Å². The number of nitrogens with one attached hydrogen (secondary N) is 1. The summed E-state index contributed by atoms with van der Waals surface area (Å²) in [7, 11) is 3.83. The summed E-state index contributed by atoms with van der Waals surface area (Å²) in [5, 5.41) is 16.4. The van der Waals surface area contributed by atoms with E-state index >= 15 is 0 Å². The summed E-state index contributed by atoms with van der Waals surface area (Å²) in [6.45, 7) is 3.31. The number of anilines is 2. The van der Waals surface area contributed by atoms with Gasteiger partial charge in [-0.1, -0.05) is 0 Å². The van der Waals surface area contributed by atoms with Gasteiger partial charge in [-0.15, -0.1) is 0 Å². The molecule has 0 aliphatic carbocycles. The molecule has 0 unspecified atom stereocenters. The van der Waals surface area contributed by atoms with Crippen molar-refractivity contribution in [2.75, 3.05) is 30.9 Å². The lowest BCUT2D eigenvalue weighted by Gasteiger charge is -2.17. The Morgan fingerprint density at radius 2 is 2.21 bits per heavy atom. The minimum atomic E-state index is -0.353. The minimum absolute atomic E-state index is 0.283. The normalized spacial score (nSPS) is 12.8. The second-order valence-electron chi connectivity index (χ2n) is 5.94. The zero-order valence-corrected chi connectivity index (χ0v) is 14.0. The zero-order chi connectivity index (χ0) is 17.3. The molecule has 2 heterocycles. The van der Waals surface area contributed by atoms with E-state index in [0.29, 0.717) is 23.7 Å². The molecule has 1 aromatic carbocycles. The molecule has 2 aromatic rings. The van der Waals surface area contributed by atoms with E-state index < -0.39 is 0 Å². The highest BCUT2D eigenvalue weighted by Crippen LogP contribution is 2.27. The van der Waals surface area contributed by atoms with Crippen LogP contribution >= 0.6 is 0 Å². The highest BCUT2D eigenvalue weighted by molar-refractivity contribution is 6.04. The van der Waals surface area contributed by atoms with Crippen LogP contribution in [-0.2, 0) is 6.54 Å². The molecule has 1 amide bonds. The van der Waals surface area contributed by atoms with Crippen LogP contribution in [0.15, 0.2) is 18.2 Å². The third-order valence-corrected chi connectivity index (χ3v) is 3.93. The molecule has 0 saturated heterocycles. The number of carbonyl (C=O) groups is 1. The number of rotatable bonds is 3. The lowest BCUT2D eigenvalue weighted by molar-refractivity contribution is 0.102. The Morgan fingerprint density at radius 1 is 1.42 bits per heavy atom. The van der Waals surface area contributed by atoms with Gasteiger partial charge in [0.15, 0.2) is 5.69 Å². The third-order valence-electron chi connectivity index (χ3n) is 3.93. The number of benzene rings is 1. The SMILES string of the molecule is Cc1cc(NC(=O)c2cc3n(n2)CCCO3)c(C#N)cc1N(C)C. The molecule has 1 aliphatic heterocycles. The second-order valence-corrected chi connectivity index (χ2v) is 5.94. The van der Waals surface area contributed by atoms with E-state index in [-0.39, 0.29) is 11.6 Å². The Labute approximate surface area is 140 Å². The van der Waals surface area contributed by atoms with Gasteiger partial charge in [0, 0.05) is 38.8 Å². The number of aromatic nitrogens is 2. The quantitative estimate of drug-likeness (QED) is 0.935. The van der Waals surface area contributed by atoms with Crippen molar-refractivity contribution in [1.82, 2.24) is 9.78 Å². The minimum Gasteiger partial charge on any atom is -0.478 e. The molecule has 124 valence electrons. The third kappa shape index (κ3) is 2.91. The van der Waals surface area contributed by atoms with E-state index in [9.17, 15) is 10.1 Å². The largest absolute Gasteiger partial charge is 0.478 e. The van der Waals surface area contributed by atoms with E-state index in [0.717, 1.165) is 24.2 Å². The number of nitrogens with zero attached hydrogens (tertiary/aromatic N) is 4. The number of hydrogen-bond donors (Lipinski definition) is 1. The van der Waals surface area contributed by atoms with E-state index in [1.807, 2.05) is 25.9 Å². The number of ether oxygens (including phenoxy) is 1. The van der Waals surface area contributed by atoms with Crippen LogP contribution in [0.4, 0.5) is 11.4 Å². The second kappa shape index (κ2) is 6.24. The van der Waals surface area contributed by atoms with Gasteiger partial charge in [0.05, 0.1) is 17.9 Å². The summed E-state index contributed by atoms with van der Waals surface area (Å²) in [6, 6.07) is 7.33. The summed E-state index contributed by atoms with van der Waals surface area (Å²) in [6.07, 6.45) is 0.875. The summed E-state index contributed by atoms with van der Waals surface area (Å²) in [4.78, 5) is 14.4. The van der Waals surface area contributed by atoms with Gasteiger partial charge < -0.3 is 15.0 Å². The molecule has 0 bridgehead atoms. The number of fused-ring (bicyclic) bond motifs is 1. The van der Waals surface area contributed by atoms with Gasteiger partial charge in [-0.25, -0.2) is 4.68 Å². The van der Waals surface area contributed by atoms with Crippen molar-refractivity contribution in [1.29, 1.82) is 5.26 Å². The number of nitriles is 1. The van der Waals surface area contributed by atoms with E-state index in [1.165, 1.54) is 0 Å². The molecule has 3 rings (SSSR count). The summed E-state index contributed by atoms with van der Waals surface area (Å²) in [5.41, 5.74) is 3.10. The Balaban J connectivity index is 1.88. The van der Waals surface area contributed by atoms with Crippen LogP contribution in [0.25, 0.3) is 0 Å². The molecule has 0 radical (unpaired) electrons. The molecule has 0 saturated carbocycles. The molecule has 7 heteroatoms. The monoisotopic (exact) mass is 325 g/mol. The topological polar surface area (TPSA) is 83.2 Å². The Hall–Kier alpha value is -3.01. The van der Waals surface area contributed by atoms with Crippen LogP contribution < -0.4 is 15.0 Å². The average Bonchev–Trinajstić information content (AvgIpc) is 2.99. The fraction of sp³-hybridized carbons (Fsp3) is 0.353. The van der Waals surface area contributed by atoms with Gasteiger partial charge in [-0.2, -0.15) is 10.4 Å². The van der Waals surface area contributed by atoms with Gasteiger partial charge in [0.2, 0.25) is 5.88 Å². The van der Waals surface area contributed by atoms with E-state index in [4.69, 9.17) is 4.74 Å². The zero-order valence-electron chi connectivity index (χ0n) is 14.0. The lowest BCUT2D eigenvalue weighted by atomic mass is 10.1. The summed E-state index contributed by atoms with van der Waals surface area (Å²) < 4.78 is 7.16. The first kappa shape index (κ1) is 15.9. The molecule has 1 N–H and O–H groups in total. The highest BCUT2D eigenvalue weighted by atomic mass is 16.5. The van der Waals surface area contributed by atoms with Crippen LogP contribution in [0, 0.1) is 18.3 Å². The molecule has 1 aromatic heterocycles. The maximum absolute atomic E-state index is 12.5. The highest BCUT2D eigenvalue weighted by Gasteiger charge is 2.19. The molecule has 0 spiro atoms. The first-order valence-corrected chi connectivity index (χ1v) is 7.73. The van der Waals surface area contributed by atoms with Gasteiger partial charge in [-0.3, -0.25) is 4.79 Å². The predicted molar refractivity (Wildman–Crippen MR) is 90.5 cm³/mol. The van der Waals surface area contributed by atoms with Gasteiger partial charge >= 0.3 is 0 Å². The fourth-order valence-corrected chi connectivity index (χ4v) is 2.74. The first-order valence-electron chi connectivity index (χ1n) is 7.73. The number of amides is 1. The summed E-state index contributed by atoms with van der Waals surface area (Å²) >= 11 is 0. The van der Waals surface area contributed by atoms with Gasteiger partial charge in [0.25, 0.3) is 5.91 Å². The van der Waals surface area contributed by atoms with Crippen molar-refractivity contribution < 1.29 is 9.53 Å². The molecule has 24 heavy (non-hydrogen) atoms. The Morgan fingerprint density at radius 3 is 2.88 bits per heavy atom. The Kier molecular flexibility index (Phi) is 4.13. The number of hydrogen-bond acceptors (Lipinski definition) is 5. The molecular formula is C17H19N5O2. The smallest absolute Gasteiger partial charge is 0.276 e. The van der Waals surface area contributed by atoms with Crippen LogP contribution in [0.2, 0.25) is 0 Å². The van der Waals surface area contributed by atoms with Crippen molar-refractivity contribution in [3.8, 4) is 11.9 Å². The van der Waals surface area contributed by atoms with Crippen molar-refractivity contribution in [3.05, 3.63) is 35.0 Å². The van der Waals surface area contributed by atoms with E-state index in [2.05, 4.69) is 16.5 Å².